The number of nitrogens with zero attached hydrogens (tertiary/aromatic N) is 3. The second-order valence-corrected chi connectivity index (χ2v) is 6.61. The molecule has 2 aromatic carbocycles. The maximum Gasteiger partial charge on any atom is 0.274 e. The maximum absolute atomic E-state index is 13.8. The number of fused-ring (bicyclic) bond motifs is 4. The molecular weight excluding hydrogens is 337 g/mol. The zero-order valence-corrected chi connectivity index (χ0v) is 13.6. The smallest absolute Gasteiger partial charge is 0.267 e. The predicted octanol–water partition coefficient (Wildman–Crippen LogP) is 4.63. The Balaban J connectivity index is 1.96. The molecule has 0 spiro atoms. The van der Waals surface area contributed by atoms with Crippen molar-refractivity contribution in [3.63, 3.8) is 0 Å². The monoisotopic (exact) mass is 347 g/mol. The molecular formula is C19H10FN3OS. The van der Waals surface area contributed by atoms with Crippen LogP contribution in [0.25, 0.3) is 33.1 Å². The van der Waals surface area contributed by atoms with Crippen molar-refractivity contribution in [2.75, 3.05) is 0 Å². The molecule has 0 fully saturated rings. The Morgan fingerprint density at radius 1 is 1.00 bits per heavy atom. The van der Waals surface area contributed by atoms with Gasteiger partial charge in [0.05, 0.1) is 21.4 Å². The van der Waals surface area contributed by atoms with Gasteiger partial charge in [0, 0.05) is 5.39 Å². The standard InChI is InChI=1S/C19H10FN3OS/c20-11-7-8-15-12(10-11)17-18(22-14-5-2-1-4-13(14)21-17)23(15)19(24)16-6-3-9-25-16/h1-10H. The molecule has 0 saturated carbocycles. The van der Waals surface area contributed by atoms with E-state index in [1.807, 2.05) is 35.7 Å². The molecule has 0 unspecified atom stereocenters. The fourth-order valence-electron chi connectivity index (χ4n) is 3.05. The van der Waals surface area contributed by atoms with Crippen molar-refractivity contribution in [2.45, 2.75) is 0 Å². The molecule has 25 heavy (non-hydrogen) atoms. The number of halogens is 1. The van der Waals surface area contributed by atoms with Crippen LogP contribution in [0.15, 0.2) is 60.0 Å². The van der Waals surface area contributed by atoms with E-state index in [1.165, 1.54) is 28.0 Å². The van der Waals surface area contributed by atoms with Crippen LogP contribution in [-0.4, -0.2) is 20.4 Å². The van der Waals surface area contributed by atoms with Gasteiger partial charge in [-0.2, -0.15) is 0 Å². The van der Waals surface area contributed by atoms with Crippen molar-refractivity contribution >= 4 is 50.3 Å². The van der Waals surface area contributed by atoms with Gasteiger partial charge in [-0.1, -0.05) is 18.2 Å². The third-order valence-corrected chi connectivity index (χ3v) is 5.01. The minimum Gasteiger partial charge on any atom is -0.267 e. The number of carbonyl (C=O) groups is 1. The van der Waals surface area contributed by atoms with E-state index >= 15 is 0 Å². The second-order valence-electron chi connectivity index (χ2n) is 5.66. The molecule has 0 aliphatic rings. The van der Waals surface area contributed by atoms with E-state index in [-0.39, 0.29) is 11.7 Å². The number of hydrogen-bond donors (Lipinski definition) is 0. The Hall–Kier alpha value is -3.12. The SMILES string of the molecule is O=C(c1cccs1)n1c2ccc(F)cc2c2nc3ccccc3nc21. The molecule has 3 aromatic heterocycles. The van der Waals surface area contributed by atoms with Gasteiger partial charge in [0.15, 0.2) is 5.65 Å². The number of benzene rings is 2. The Morgan fingerprint density at radius 2 is 1.80 bits per heavy atom. The summed E-state index contributed by atoms with van der Waals surface area (Å²) in [7, 11) is 0. The Bertz CT molecular complexity index is 1270. The third kappa shape index (κ3) is 2.08. The molecule has 120 valence electrons. The molecule has 3 heterocycles. The molecule has 0 aliphatic heterocycles. The van der Waals surface area contributed by atoms with Crippen LogP contribution in [-0.2, 0) is 0 Å². The van der Waals surface area contributed by atoms with Gasteiger partial charge in [-0.25, -0.2) is 14.4 Å². The van der Waals surface area contributed by atoms with Gasteiger partial charge in [0.25, 0.3) is 5.91 Å². The van der Waals surface area contributed by atoms with Crippen LogP contribution in [0.1, 0.15) is 9.67 Å². The van der Waals surface area contributed by atoms with Crippen LogP contribution in [0.5, 0.6) is 0 Å². The quantitative estimate of drug-likeness (QED) is 0.444. The lowest BCUT2D eigenvalue weighted by molar-refractivity contribution is 0.0973. The molecule has 0 radical (unpaired) electrons. The summed E-state index contributed by atoms with van der Waals surface area (Å²) < 4.78 is 15.3. The van der Waals surface area contributed by atoms with E-state index in [9.17, 15) is 9.18 Å². The first kappa shape index (κ1) is 14.2. The fraction of sp³-hybridized carbons (Fsp3) is 0. The number of para-hydroxylation sites is 2. The molecule has 4 nitrogen and oxygen atoms in total. The van der Waals surface area contributed by atoms with Crippen LogP contribution in [0.4, 0.5) is 4.39 Å². The summed E-state index contributed by atoms with van der Waals surface area (Å²) in [6, 6.07) is 15.4. The summed E-state index contributed by atoms with van der Waals surface area (Å²) in [6.07, 6.45) is 0. The zero-order chi connectivity index (χ0) is 17.0. The van der Waals surface area contributed by atoms with Crippen molar-refractivity contribution < 1.29 is 9.18 Å². The molecule has 0 N–H and O–H groups in total. The number of hydrogen-bond acceptors (Lipinski definition) is 4. The average Bonchev–Trinajstić information content (AvgIpc) is 3.26. The lowest BCUT2D eigenvalue weighted by atomic mass is 10.2. The van der Waals surface area contributed by atoms with Crippen LogP contribution in [0.2, 0.25) is 0 Å². The third-order valence-electron chi connectivity index (χ3n) is 4.15. The first-order valence-corrected chi connectivity index (χ1v) is 8.55. The van der Waals surface area contributed by atoms with Gasteiger partial charge in [-0.15, -0.1) is 11.3 Å². The molecule has 6 heteroatoms. The molecule has 0 amide bonds. The molecule has 5 aromatic rings. The average molecular weight is 347 g/mol. The fourth-order valence-corrected chi connectivity index (χ4v) is 3.70. The van der Waals surface area contributed by atoms with E-state index < -0.39 is 0 Å². The Morgan fingerprint density at radius 3 is 2.56 bits per heavy atom. The summed E-state index contributed by atoms with van der Waals surface area (Å²) in [5, 5.41) is 2.43. The van der Waals surface area contributed by atoms with Crippen LogP contribution in [0.3, 0.4) is 0 Å². The number of thiophene rings is 1. The lowest BCUT2D eigenvalue weighted by Gasteiger charge is -2.04. The maximum atomic E-state index is 13.8. The van der Waals surface area contributed by atoms with E-state index in [1.54, 1.807) is 12.1 Å². The van der Waals surface area contributed by atoms with Gasteiger partial charge in [-0.3, -0.25) is 9.36 Å². The van der Waals surface area contributed by atoms with E-state index in [0.29, 0.717) is 38.0 Å². The topological polar surface area (TPSA) is 47.8 Å². The minimum atomic E-state index is -0.370. The largest absolute Gasteiger partial charge is 0.274 e. The highest BCUT2D eigenvalue weighted by Gasteiger charge is 2.21. The van der Waals surface area contributed by atoms with Gasteiger partial charge in [0.1, 0.15) is 11.3 Å². The number of rotatable bonds is 1. The highest BCUT2D eigenvalue weighted by atomic mass is 32.1. The number of aromatic nitrogens is 3. The van der Waals surface area contributed by atoms with Crippen molar-refractivity contribution in [1.29, 1.82) is 0 Å². The number of carbonyl (C=O) groups excluding carboxylic acids is 1. The highest BCUT2D eigenvalue weighted by Crippen LogP contribution is 2.30. The Labute approximate surface area is 145 Å². The van der Waals surface area contributed by atoms with Crippen LogP contribution >= 0.6 is 11.3 Å². The van der Waals surface area contributed by atoms with Gasteiger partial charge in [-0.05, 0) is 41.8 Å². The van der Waals surface area contributed by atoms with Crippen LogP contribution in [0, 0.1) is 5.82 Å². The van der Waals surface area contributed by atoms with Crippen molar-refractivity contribution in [1.82, 2.24) is 14.5 Å². The van der Waals surface area contributed by atoms with Gasteiger partial charge < -0.3 is 0 Å². The minimum absolute atomic E-state index is 0.189. The summed E-state index contributed by atoms with van der Waals surface area (Å²) in [6.45, 7) is 0. The molecule has 0 saturated heterocycles. The van der Waals surface area contributed by atoms with Crippen molar-refractivity contribution in [3.05, 3.63) is 70.7 Å². The van der Waals surface area contributed by atoms with E-state index in [2.05, 4.69) is 9.97 Å². The summed E-state index contributed by atoms with van der Waals surface area (Å²) >= 11 is 1.36. The predicted molar refractivity (Wildman–Crippen MR) is 96.5 cm³/mol. The molecule has 0 atom stereocenters. The van der Waals surface area contributed by atoms with Gasteiger partial charge >= 0.3 is 0 Å². The summed E-state index contributed by atoms with van der Waals surface area (Å²) in [4.78, 5) is 22.9. The van der Waals surface area contributed by atoms with Crippen LogP contribution < -0.4 is 0 Å². The Kier molecular flexibility index (Phi) is 2.96. The first-order valence-electron chi connectivity index (χ1n) is 7.67. The van der Waals surface area contributed by atoms with E-state index in [4.69, 9.17) is 0 Å². The second kappa shape index (κ2) is 5.19. The first-order chi connectivity index (χ1) is 12.2. The van der Waals surface area contributed by atoms with Crippen molar-refractivity contribution in [2.24, 2.45) is 0 Å². The molecule has 5 rings (SSSR count). The van der Waals surface area contributed by atoms with Gasteiger partial charge in [0.2, 0.25) is 0 Å². The lowest BCUT2D eigenvalue weighted by Crippen LogP contribution is -2.11. The normalized spacial score (nSPS) is 11.6. The zero-order valence-electron chi connectivity index (χ0n) is 12.8. The van der Waals surface area contributed by atoms with E-state index in [0.717, 1.165) is 0 Å². The summed E-state index contributed by atoms with van der Waals surface area (Å²) in [5.74, 6) is -0.559. The van der Waals surface area contributed by atoms with Crippen molar-refractivity contribution in [3.8, 4) is 0 Å². The summed E-state index contributed by atoms with van der Waals surface area (Å²) in [5.41, 5.74) is 2.97. The highest BCUT2D eigenvalue weighted by molar-refractivity contribution is 7.12. The molecule has 0 bridgehead atoms. The molecule has 0 aliphatic carbocycles.